The molecular weight excluding hydrogens is 382 g/mol. The molecule has 0 aromatic rings. The van der Waals surface area contributed by atoms with Crippen molar-refractivity contribution in [3.63, 3.8) is 0 Å². The van der Waals surface area contributed by atoms with E-state index >= 15 is 0 Å². The maximum absolute atomic E-state index is 12.9. The third-order valence-electron chi connectivity index (χ3n) is 5.90. The van der Waals surface area contributed by atoms with Gasteiger partial charge in [-0.25, -0.2) is 4.79 Å². The van der Waals surface area contributed by atoms with Gasteiger partial charge in [-0.3, -0.25) is 9.89 Å². The van der Waals surface area contributed by atoms with E-state index in [0.717, 1.165) is 24.8 Å². The molecule has 0 radical (unpaired) electrons. The van der Waals surface area contributed by atoms with Crippen LogP contribution in [-0.4, -0.2) is 85.6 Å². The van der Waals surface area contributed by atoms with Crippen LogP contribution in [0.2, 0.25) is 0 Å². The molecule has 0 saturated carbocycles. The van der Waals surface area contributed by atoms with E-state index in [-0.39, 0.29) is 18.2 Å². The van der Waals surface area contributed by atoms with Crippen LogP contribution in [0.3, 0.4) is 0 Å². The van der Waals surface area contributed by atoms with E-state index in [1.54, 1.807) is 11.9 Å². The lowest BCUT2D eigenvalue weighted by molar-refractivity contribution is -0.0755. The standard InChI is InChI=1S/C22H43N5O3/c1-16-18(27(22(5,6)29-16)20(28)30-21(2,3)4)15-25-19(23-7)24-12-9-17-10-13-26(8)14-11-17/h16-18H,9-15H2,1-8H3,(H2,23,24,25). The number of ether oxygens (including phenoxy) is 2. The van der Waals surface area contributed by atoms with Gasteiger partial charge >= 0.3 is 6.09 Å². The van der Waals surface area contributed by atoms with Gasteiger partial charge in [-0.05, 0) is 86.9 Å². The van der Waals surface area contributed by atoms with Crippen molar-refractivity contribution < 1.29 is 14.3 Å². The fourth-order valence-electron chi connectivity index (χ4n) is 4.29. The smallest absolute Gasteiger partial charge is 0.412 e. The van der Waals surface area contributed by atoms with Crippen LogP contribution in [0.5, 0.6) is 0 Å². The molecule has 0 bridgehead atoms. The van der Waals surface area contributed by atoms with Crippen LogP contribution >= 0.6 is 0 Å². The van der Waals surface area contributed by atoms with Crippen molar-refractivity contribution in [2.24, 2.45) is 10.9 Å². The molecular formula is C22H43N5O3. The maximum atomic E-state index is 12.9. The predicted octanol–water partition coefficient (Wildman–Crippen LogP) is 2.64. The van der Waals surface area contributed by atoms with E-state index < -0.39 is 11.3 Å². The second-order valence-electron chi connectivity index (χ2n) is 10.1. The molecule has 0 spiro atoms. The first kappa shape index (κ1) is 24.7. The topological polar surface area (TPSA) is 78.4 Å². The minimum Gasteiger partial charge on any atom is -0.444 e. The lowest BCUT2D eigenvalue weighted by atomic mass is 9.94. The summed E-state index contributed by atoms with van der Waals surface area (Å²) in [5, 5.41) is 6.79. The van der Waals surface area contributed by atoms with E-state index in [0.29, 0.717) is 6.54 Å². The molecule has 30 heavy (non-hydrogen) atoms. The second-order valence-corrected chi connectivity index (χ2v) is 10.1. The molecule has 2 rings (SSSR count). The van der Waals surface area contributed by atoms with Gasteiger partial charge in [0.1, 0.15) is 11.3 Å². The number of amides is 1. The highest BCUT2D eigenvalue weighted by atomic mass is 16.6. The van der Waals surface area contributed by atoms with Crippen LogP contribution in [-0.2, 0) is 9.47 Å². The molecule has 2 heterocycles. The highest BCUT2D eigenvalue weighted by Gasteiger charge is 2.49. The van der Waals surface area contributed by atoms with Gasteiger partial charge in [-0.15, -0.1) is 0 Å². The van der Waals surface area contributed by atoms with Crippen molar-refractivity contribution in [1.29, 1.82) is 0 Å². The fraction of sp³-hybridized carbons (Fsp3) is 0.909. The predicted molar refractivity (Wildman–Crippen MR) is 121 cm³/mol. The Kier molecular flexibility index (Phi) is 8.39. The summed E-state index contributed by atoms with van der Waals surface area (Å²) in [6.07, 6.45) is 3.21. The summed E-state index contributed by atoms with van der Waals surface area (Å²) in [5.74, 6) is 1.53. The van der Waals surface area contributed by atoms with Crippen molar-refractivity contribution >= 4 is 12.1 Å². The molecule has 2 atom stereocenters. The number of piperidine rings is 1. The Labute approximate surface area is 182 Å². The summed E-state index contributed by atoms with van der Waals surface area (Å²) in [7, 11) is 3.96. The summed E-state index contributed by atoms with van der Waals surface area (Å²) >= 11 is 0. The van der Waals surface area contributed by atoms with Gasteiger partial charge in [-0.1, -0.05) is 0 Å². The van der Waals surface area contributed by atoms with E-state index in [9.17, 15) is 4.79 Å². The lowest BCUT2D eigenvalue weighted by Crippen LogP contribution is -2.54. The third-order valence-corrected chi connectivity index (χ3v) is 5.90. The molecule has 1 amide bonds. The largest absolute Gasteiger partial charge is 0.444 e. The highest BCUT2D eigenvalue weighted by molar-refractivity contribution is 5.79. The van der Waals surface area contributed by atoms with Gasteiger partial charge < -0.3 is 25.0 Å². The summed E-state index contributed by atoms with van der Waals surface area (Å²) in [5.41, 5.74) is -1.28. The average molecular weight is 426 g/mol. The lowest BCUT2D eigenvalue weighted by Gasteiger charge is -2.35. The number of aliphatic imine (C=N–C) groups is 1. The Bertz CT molecular complexity index is 594. The Morgan fingerprint density at radius 3 is 2.43 bits per heavy atom. The van der Waals surface area contributed by atoms with Gasteiger partial charge in [0.05, 0.1) is 12.1 Å². The zero-order chi connectivity index (χ0) is 22.5. The first-order valence-electron chi connectivity index (χ1n) is 11.3. The average Bonchev–Trinajstić information content (AvgIpc) is 2.86. The van der Waals surface area contributed by atoms with Gasteiger partial charge in [0.25, 0.3) is 0 Å². The van der Waals surface area contributed by atoms with Crippen LogP contribution in [0.25, 0.3) is 0 Å². The number of guanidine groups is 1. The number of carbonyl (C=O) groups is 1. The number of hydrogen-bond acceptors (Lipinski definition) is 5. The number of nitrogens with zero attached hydrogens (tertiary/aromatic N) is 3. The van der Waals surface area contributed by atoms with Gasteiger partial charge in [0.2, 0.25) is 0 Å². The zero-order valence-corrected chi connectivity index (χ0v) is 20.2. The monoisotopic (exact) mass is 425 g/mol. The summed E-state index contributed by atoms with van der Waals surface area (Å²) in [6.45, 7) is 15.2. The number of likely N-dealkylation sites (tertiary alicyclic amines) is 1. The van der Waals surface area contributed by atoms with Crippen LogP contribution in [0.1, 0.15) is 60.8 Å². The number of rotatable bonds is 5. The van der Waals surface area contributed by atoms with Crippen LogP contribution in [0.4, 0.5) is 4.79 Å². The first-order chi connectivity index (χ1) is 13.9. The van der Waals surface area contributed by atoms with Crippen molar-refractivity contribution in [3.05, 3.63) is 0 Å². The van der Waals surface area contributed by atoms with Crippen molar-refractivity contribution in [2.45, 2.75) is 84.3 Å². The Morgan fingerprint density at radius 2 is 1.87 bits per heavy atom. The maximum Gasteiger partial charge on any atom is 0.412 e. The third kappa shape index (κ3) is 7.01. The van der Waals surface area contributed by atoms with E-state index in [2.05, 4.69) is 27.6 Å². The molecule has 2 saturated heterocycles. The molecule has 2 fully saturated rings. The zero-order valence-electron chi connectivity index (χ0n) is 20.2. The molecule has 2 N–H and O–H groups in total. The molecule has 0 aromatic carbocycles. The minimum absolute atomic E-state index is 0.114. The van der Waals surface area contributed by atoms with E-state index in [4.69, 9.17) is 9.47 Å². The molecule has 0 aliphatic carbocycles. The quantitative estimate of drug-likeness (QED) is 0.521. The Morgan fingerprint density at radius 1 is 1.23 bits per heavy atom. The molecule has 8 heteroatoms. The first-order valence-corrected chi connectivity index (χ1v) is 11.3. The highest BCUT2D eigenvalue weighted by Crippen LogP contribution is 2.33. The van der Waals surface area contributed by atoms with Gasteiger partial charge in [0.15, 0.2) is 5.96 Å². The molecule has 174 valence electrons. The van der Waals surface area contributed by atoms with Crippen molar-refractivity contribution in [1.82, 2.24) is 20.4 Å². The van der Waals surface area contributed by atoms with E-state index in [1.807, 2.05) is 41.5 Å². The van der Waals surface area contributed by atoms with Crippen LogP contribution in [0.15, 0.2) is 4.99 Å². The van der Waals surface area contributed by atoms with Crippen molar-refractivity contribution in [3.8, 4) is 0 Å². The van der Waals surface area contributed by atoms with Crippen LogP contribution in [0, 0.1) is 5.92 Å². The Hall–Kier alpha value is -1.54. The number of hydrogen-bond donors (Lipinski definition) is 2. The normalized spacial score (nSPS) is 26.0. The molecule has 2 aliphatic heterocycles. The van der Waals surface area contributed by atoms with Gasteiger partial charge in [-0.2, -0.15) is 0 Å². The summed E-state index contributed by atoms with van der Waals surface area (Å²) in [6, 6.07) is -0.151. The fourth-order valence-corrected chi connectivity index (χ4v) is 4.29. The molecule has 8 nitrogen and oxygen atoms in total. The van der Waals surface area contributed by atoms with Crippen molar-refractivity contribution in [2.75, 3.05) is 40.3 Å². The second kappa shape index (κ2) is 10.2. The summed E-state index contributed by atoms with van der Waals surface area (Å²) < 4.78 is 11.7. The van der Waals surface area contributed by atoms with E-state index in [1.165, 1.54) is 25.9 Å². The molecule has 2 aliphatic rings. The number of carbonyl (C=O) groups excluding carboxylic acids is 1. The van der Waals surface area contributed by atoms with Crippen LogP contribution < -0.4 is 10.6 Å². The molecule has 0 aromatic heterocycles. The minimum atomic E-state index is -0.723. The molecule has 2 unspecified atom stereocenters. The number of nitrogens with one attached hydrogen (secondary N) is 2. The summed E-state index contributed by atoms with van der Waals surface area (Å²) in [4.78, 5) is 21.3. The Balaban J connectivity index is 1.88. The SMILES string of the molecule is CN=C(NCCC1CCN(C)CC1)NCC1C(C)OC(C)(C)N1C(=O)OC(C)(C)C. The van der Waals surface area contributed by atoms with Gasteiger partial charge in [0, 0.05) is 20.1 Å².